The molecule has 5 nitrogen and oxygen atoms in total. The van der Waals surface area contributed by atoms with Crippen LogP contribution in [0.25, 0.3) is 0 Å². The van der Waals surface area contributed by atoms with Crippen molar-refractivity contribution in [1.29, 1.82) is 0 Å². The molecule has 0 bridgehead atoms. The summed E-state index contributed by atoms with van der Waals surface area (Å²) >= 11 is 5.58. The molecule has 1 heterocycles. The maximum Gasteiger partial charge on any atom is 0.417 e. The predicted octanol–water partition coefficient (Wildman–Crippen LogP) is 7.31. The van der Waals surface area contributed by atoms with E-state index in [0.29, 0.717) is 17.2 Å². The molecule has 0 fully saturated rings. The highest BCUT2D eigenvalue weighted by Gasteiger charge is 2.33. The number of benzene rings is 2. The van der Waals surface area contributed by atoms with Crippen LogP contribution >= 0.6 is 11.6 Å². The smallest absolute Gasteiger partial charge is 0.417 e. The molecule has 0 saturated heterocycles. The Morgan fingerprint density at radius 2 is 1.61 bits per heavy atom. The van der Waals surface area contributed by atoms with Gasteiger partial charge in [0.1, 0.15) is 11.5 Å². The Morgan fingerprint density at radius 3 is 2.26 bits per heavy atom. The van der Waals surface area contributed by atoms with E-state index < -0.39 is 22.8 Å². The standard InChI is InChI=1S/C22H19ClF3N3O2/c1-13(2)20-12-17(9-10-27-20)31-16-6-3-14(4-7-16)28-21(30)29-15-5-8-19(23)18(11-15)22(24,25)26/h3-13H,1-2H3,(H2,28,29,30). The van der Waals surface area contributed by atoms with E-state index in [2.05, 4.69) is 15.6 Å². The number of alkyl halides is 3. The Balaban J connectivity index is 1.62. The van der Waals surface area contributed by atoms with E-state index in [4.69, 9.17) is 16.3 Å². The topological polar surface area (TPSA) is 63.2 Å². The molecule has 31 heavy (non-hydrogen) atoms. The number of hydrogen-bond donors (Lipinski definition) is 2. The molecule has 0 aliphatic rings. The summed E-state index contributed by atoms with van der Waals surface area (Å²) in [5, 5.41) is 4.46. The minimum Gasteiger partial charge on any atom is -0.457 e. The number of halogens is 4. The number of anilines is 2. The molecule has 2 N–H and O–H groups in total. The van der Waals surface area contributed by atoms with Gasteiger partial charge >= 0.3 is 12.2 Å². The number of rotatable bonds is 5. The number of ether oxygens (including phenoxy) is 1. The number of carbonyl (C=O) groups is 1. The first kappa shape index (κ1) is 22.4. The van der Waals surface area contributed by atoms with Crippen molar-refractivity contribution in [2.24, 2.45) is 0 Å². The number of nitrogens with zero attached hydrogens (tertiary/aromatic N) is 1. The molecular formula is C22H19ClF3N3O2. The average Bonchev–Trinajstić information content (AvgIpc) is 2.70. The number of aromatic nitrogens is 1. The molecule has 0 spiro atoms. The fraction of sp³-hybridized carbons (Fsp3) is 0.182. The first-order valence-electron chi connectivity index (χ1n) is 9.30. The van der Waals surface area contributed by atoms with Gasteiger partial charge in [-0.3, -0.25) is 4.98 Å². The van der Waals surface area contributed by atoms with E-state index >= 15 is 0 Å². The highest BCUT2D eigenvalue weighted by Crippen LogP contribution is 2.36. The van der Waals surface area contributed by atoms with Crippen LogP contribution in [0.15, 0.2) is 60.8 Å². The SMILES string of the molecule is CC(C)c1cc(Oc2ccc(NC(=O)Nc3ccc(Cl)c(C(F)(F)F)c3)cc2)ccn1. The van der Waals surface area contributed by atoms with Crippen molar-refractivity contribution in [1.82, 2.24) is 4.98 Å². The Hall–Kier alpha value is -3.26. The van der Waals surface area contributed by atoms with Crippen molar-refractivity contribution in [3.63, 3.8) is 0 Å². The first-order chi connectivity index (χ1) is 14.6. The zero-order valence-corrected chi connectivity index (χ0v) is 17.4. The van der Waals surface area contributed by atoms with Gasteiger partial charge in [0.05, 0.1) is 10.6 Å². The molecular weight excluding hydrogens is 431 g/mol. The summed E-state index contributed by atoms with van der Waals surface area (Å²) in [6, 6.07) is 12.6. The van der Waals surface area contributed by atoms with Crippen molar-refractivity contribution in [3.05, 3.63) is 77.1 Å². The van der Waals surface area contributed by atoms with E-state index in [1.165, 1.54) is 6.07 Å². The minimum absolute atomic E-state index is 0.0344. The van der Waals surface area contributed by atoms with E-state index in [9.17, 15) is 18.0 Å². The molecule has 2 amide bonds. The van der Waals surface area contributed by atoms with Gasteiger partial charge in [-0.1, -0.05) is 25.4 Å². The zero-order chi connectivity index (χ0) is 22.6. The van der Waals surface area contributed by atoms with Gasteiger partial charge in [0.15, 0.2) is 0 Å². The fourth-order valence-corrected chi connectivity index (χ4v) is 2.89. The Labute approximate surface area is 182 Å². The van der Waals surface area contributed by atoms with E-state index in [1.54, 1.807) is 36.5 Å². The Morgan fingerprint density at radius 1 is 0.968 bits per heavy atom. The molecule has 0 saturated carbocycles. The molecule has 9 heteroatoms. The molecule has 0 unspecified atom stereocenters. The van der Waals surface area contributed by atoms with Gasteiger partial charge in [-0.15, -0.1) is 0 Å². The number of carbonyl (C=O) groups excluding carboxylic acids is 1. The highest BCUT2D eigenvalue weighted by molar-refractivity contribution is 6.31. The van der Waals surface area contributed by atoms with Gasteiger partial charge in [0, 0.05) is 29.3 Å². The van der Waals surface area contributed by atoms with Crippen LogP contribution in [0.4, 0.5) is 29.3 Å². The molecule has 3 aromatic rings. The van der Waals surface area contributed by atoms with Crippen LogP contribution in [0.2, 0.25) is 5.02 Å². The fourth-order valence-electron chi connectivity index (χ4n) is 2.66. The molecule has 2 aromatic carbocycles. The van der Waals surface area contributed by atoms with Crippen molar-refractivity contribution >= 4 is 29.0 Å². The third-order valence-corrected chi connectivity index (χ3v) is 4.55. The molecule has 3 rings (SSSR count). The lowest BCUT2D eigenvalue weighted by atomic mass is 10.1. The molecule has 162 valence electrons. The second-order valence-corrected chi connectivity index (χ2v) is 7.38. The predicted molar refractivity (Wildman–Crippen MR) is 114 cm³/mol. The van der Waals surface area contributed by atoms with Crippen molar-refractivity contribution in [2.45, 2.75) is 25.9 Å². The molecule has 0 atom stereocenters. The van der Waals surface area contributed by atoms with Gasteiger partial charge in [-0.2, -0.15) is 13.2 Å². The zero-order valence-electron chi connectivity index (χ0n) is 16.6. The maximum absolute atomic E-state index is 12.9. The van der Waals surface area contributed by atoms with E-state index in [-0.39, 0.29) is 11.6 Å². The van der Waals surface area contributed by atoms with Gasteiger partial charge in [-0.05, 0) is 54.4 Å². The summed E-state index contributed by atoms with van der Waals surface area (Å²) in [5.74, 6) is 1.46. The number of nitrogens with one attached hydrogen (secondary N) is 2. The van der Waals surface area contributed by atoms with Crippen molar-refractivity contribution in [3.8, 4) is 11.5 Å². The van der Waals surface area contributed by atoms with Crippen molar-refractivity contribution in [2.75, 3.05) is 10.6 Å². The molecule has 1 aromatic heterocycles. The summed E-state index contributed by atoms with van der Waals surface area (Å²) in [6.07, 6.45) is -2.95. The largest absolute Gasteiger partial charge is 0.457 e. The molecule has 0 aliphatic carbocycles. The number of pyridine rings is 1. The monoisotopic (exact) mass is 449 g/mol. The van der Waals surface area contributed by atoms with Crippen LogP contribution in [0.1, 0.15) is 31.0 Å². The first-order valence-corrected chi connectivity index (χ1v) is 9.68. The number of urea groups is 1. The summed E-state index contributed by atoms with van der Waals surface area (Å²) in [4.78, 5) is 16.4. The minimum atomic E-state index is -4.62. The van der Waals surface area contributed by atoms with Gasteiger partial charge in [0.2, 0.25) is 0 Å². The Bertz CT molecular complexity index is 1070. The van der Waals surface area contributed by atoms with E-state index in [0.717, 1.165) is 17.8 Å². The van der Waals surface area contributed by atoms with Crippen LogP contribution in [0, 0.1) is 0 Å². The van der Waals surface area contributed by atoms with Gasteiger partial charge in [0.25, 0.3) is 0 Å². The van der Waals surface area contributed by atoms with Crippen LogP contribution in [0.5, 0.6) is 11.5 Å². The lowest BCUT2D eigenvalue weighted by Gasteiger charge is -2.13. The van der Waals surface area contributed by atoms with Crippen LogP contribution in [0.3, 0.4) is 0 Å². The third-order valence-electron chi connectivity index (χ3n) is 4.22. The Kier molecular flexibility index (Phi) is 6.70. The second kappa shape index (κ2) is 9.26. The summed E-state index contributed by atoms with van der Waals surface area (Å²) in [7, 11) is 0. The summed E-state index contributed by atoms with van der Waals surface area (Å²) in [5.41, 5.74) is 0.286. The van der Waals surface area contributed by atoms with Crippen molar-refractivity contribution < 1.29 is 22.7 Å². The normalized spacial score (nSPS) is 11.3. The molecule has 0 aliphatic heterocycles. The van der Waals surface area contributed by atoms with Crippen LogP contribution in [-0.4, -0.2) is 11.0 Å². The van der Waals surface area contributed by atoms with Gasteiger partial charge in [-0.25, -0.2) is 4.79 Å². The second-order valence-electron chi connectivity index (χ2n) is 6.97. The van der Waals surface area contributed by atoms with Crippen LogP contribution in [-0.2, 0) is 6.18 Å². The van der Waals surface area contributed by atoms with E-state index in [1.807, 2.05) is 19.9 Å². The summed E-state index contributed by atoms with van der Waals surface area (Å²) in [6.45, 7) is 4.07. The number of amides is 2. The maximum atomic E-state index is 12.9. The third kappa shape index (κ3) is 6.11. The lowest BCUT2D eigenvalue weighted by molar-refractivity contribution is -0.137. The summed E-state index contributed by atoms with van der Waals surface area (Å²) < 4.78 is 44.6. The molecule has 0 radical (unpaired) electrons. The highest BCUT2D eigenvalue weighted by atomic mass is 35.5. The van der Waals surface area contributed by atoms with Gasteiger partial charge < -0.3 is 15.4 Å². The average molecular weight is 450 g/mol. The lowest BCUT2D eigenvalue weighted by Crippen LogP contribution is -2.19. The van der Waals surface area contributed by atoms with Crippen LogP contribution < -0.4 is 15.4 Å². The quantitative estimate of drug-likeness (QED) is 0.429. The number of hydrogen-bond acceptors (Lipinski definition) is 3.